The van der Waals surface area contributed by atoms with Crippen LogP contribution in [-0.4, -0.2) is 12.1 Å². The molecule has 0 aromatic heterocycles. The van der Waals surface area contributed by atoms with Crippen LogP contribution in [0.5, 0.6) is 0 Å². The summed E-state index contributed by atoms with van der Waals surface area (Å²) in [6, 6.07) is 8.30. The maximum absolute atomic E-state index is 11.4. The van der Waals surface area contributed by atoms with E-state index in [1.165, 1.54) is 17.5 Å². The first kappa shape index (κ1) is 18.9. The zero-order chi connectivity index (χ0) is 18.1. The summed E-state index contributed by atoms with van der Waals surface area (Å²) in [6.07, 6.45) is 4.50. The lowest BCUT2D eigenvalue weighted by molar-refractivity contribution is -0.133. The average Bonchev–Trinajstić information content (AvgIpc) is 2.73. The number of carbonyl (C=O) groups excluding carboxylic acids is 2. The van der Waals surface area contributed by atoms with Crippen LogP contribution in [0.25, 0.3) is 0 Å². The Kier molecular flexibility index (Phi) is 5.37. The van der Waals surface area contributed by atoms with Crippen LogP contribution in [0.15, 0.2) is 24.3 Å². The summed E-state index contributed by atoms with van der Waals surface area (Å²) in [4.78, 5) is 22.5. The van der Waals surface area contributed by atoms with Gasteiger partial charge in [0.1, 0.15) is 12.1 Å². The minimum absolute atomic E-state index is 0.0301. The molecular weight excluding hydrogens is 296 g/mol. The summed E-state index contributed by atoms with van der Waals surface area (Å²) < 4.78 is 0. The van der Waals surface area contributed by atoms with Gasteiger partial charge >= 0.3 is 0 Å². The van der Waals surface area contributed by atoms with Crippen molar-refractivity contribution in [3.8, 4) is 0 Å². The molecule has 0 amide bonds. The third-order valence-electron chi connectivity index (χ3n) is 6.39. The van der Waals surface area contributed by atoms with Crippen molar-refractivity contribution in [3.63, 3.8) is 0 Å². The van der Waals surface area contributed by atoms with E-state index in [4.69, 9.17) is 0 Å². The Morgan fingerprint density at radius 3 is 2.25 bits per heavy atom. The summed E-state index contributed by atoms with van der Waals surface area (Å²) in [5.74, 6) is 1.25. The van der Waals surface area contributed by atoms with Crippen LogP contribution >= 0.6 is 0 Å². The maximum atomic E-state index is 11.4. The maximum Gasteiger partial charge on any atom is 0.141 e. The van der Waals surface area contributed by atoms with Crippen LogP contribution in [0.2, 0.25) is 0 Å². The van der Waals surface area contributed by atoms with Gasteiger partial charge in [-0.05, 0) is 35.3 Å². The van der Waals surface area contributed by atoms with Gasteiger partial charge in [-0.3, -0.25) is 4.79 Å². The SMILES string of the molecule is CC1C(C=O)c2ccccc2C1(C)C.CC1CCCC(C)(C)C1=O. The molecule has 132 valence electrons. The number of Topliss-reactive ketones (excluding diaryl/α,β-unsaturated/α-hetero) is 1. The Labute approximate surface area is 147 Å². The molecule has 0 saturated heterocycles. The van der Waals surface area contributed by atoms with E-state index in [1.54, 1.807) is 0 Å². The average molecular weight is 328 g/mol. The van der Waals surface area contributed by atoms with Gasteiger partial charge in [-0.2, -0.15) is 0 Å². The molecular formula is C22H32O2. The van der Waals surface area contributed by atoms with Crippen molar-refractivity contribution in [2.75, 3.05) is 0 Å². The second kappa shape index (κ2) is 6.82. The number of hydrogen-bond acceptors (Lipinski definition) is 2. The van der Waals surface area contributed by atoms with Crippen LogP contribution in [-0.2, 0) is 15.0 Å². The predicted molar refractivity (Wildman–Crippen MR) is 99.2 cm³/mol. The van der Waals surface area contributed by atoms with E-state index in [2.05, 4.69) is 52.8 Å². The van der Waals surface area contributed by atoms with Gasteiger partial charge in [0.2, 0.25) is 0 Å². The first-order valence-electron chi connectivity index (χ1n) is 9.22. The van der Waals surface area contributed by atoms with E-state index < -0.39 is 0 Å². The third kappa shape index (κ3) is 3.34. The molecule has 3 atom stereocenters. The fraction of sp³-hybridized carbons (Fsp3) is 0.636. The molecule has 0 aliphatic heterocycles. The van der Waals surface area contributed by atoms with Gasteiger partial charge in [0.05, 0.1) is 0 Å². The molecule has 2 aliphatic carbocycles. The molecule has 1 fully saturated rings. The predicted octanol–water partition coefficient (Wildman–Crippen LogP) is 5.30. The molecule has 0 heterocycles. The molecule has 0 radical (unpaired) electrons. The lowest BCUT2D eigenvalue weighted by Gasteiger charge is -2.31. The second-order valence-corrected chi connectivity index (χ2v) is 8.80. The van der Waals surface area contributed by atoms with Crippen molar-refractivity contribution in [1.82, 2.24) is 0 Å². The van der Waals surface area contributed by atoms with Gasteiger partial charge < -0.3 is 4.79 Å². The minimum atomic E-state index is -0.0301. The fourth-order valence-corrected chi connectivity index (χ4v) is 4.30. The molecule has 2 aliphatic rings. The molecule has 0 bridgehead atoms. The molecule has 1 aromatic rings. The number of rotatable bonds is 1. The summed E-state index contributed by atoms with van der Waals surface area (Å²) in [6.45, 7) is 12.8. The molecule has 1 aromatic carbocycles. The summed E-state index contributed by atoms with van der Waals surface area (Å²) in [5, 5.41) is 0. The van der Waals surface area contributed by atoms with Gasteiger partial charge in [-0.15, -0.1) is 0 Å². The number of ketones is 1. The largest absolute Gasteiger partial charge is 0.303 e. The van der Waals surface area contributed by atoms with E-state index in [-0.39, 0.29) is 16.7 Å². The standard InChI is InChI=1S/C13H16O.C9H16O/c1-9-11(8-14)10-6-4-5-7-12(10)13(9,2)3;1-7-5-4-6-9(2,3)8(7)10/h4-9,11H,1-3H3;7H,4-6H2,1-3H3. The highest BCUT2D eigenvalue weighted by molar-refractivity contribution is 5.86. The second-order valence-electron chi connectivity index (χ2n) is 8.80. The van der Waals surface area contributed by atoms with Gasteiger partial charge in [0.25, 0.3) is 0 Å². The monoisotopic (exact) mass is 328 g/mol. The van der Waals surface area contributed by atoms with Crippen molar-refractivity contribution < 1.29 is 9.59 Å². The minimum Gasteiger partial charge on any atom is -0.303 e. The first-order valence-corrected chi connectivity index (χ1v) is 9.22. The summed E-state index contributed by atoms with van der Waals surface area (Å²) in [7, 11) is 0. The Balaban J connectivity index is 0.000000185. The Morgan fingerprint density at radius 2 is 1.71 bits per heavy atom. The molecule has 3 unspecified atom stereocenters. The molecule has 2 nitrogen and oxygen atoms in total. The highest BCUT2D eigenvalue weighted by Gasteiger charge is 2.42. The lowest BCUT2D eigenvalue weighted by Crippen LogP contribution is -2.33. The zero-order valence-corrected chi connectivity index (χ0v) is 16.1. The Bertz CT molecular complexity index is 612. The van der Waals surface area contributed by atoms with Gasteiger partial charge in [-0.1, -0.05) is 72.2 Å². The molecule has 24 heavy (non-hydrogen) atoms. The highest BCUT2D eigenvalue weighted by atomic mass is 16.1. The zero-order valence-electron chi connectivity index (χ0n) is 16.1. The van der Waals surface area contributed by atoms with Crippen molar-refractivity contribution in [2.24, 2.45) is 17.3 Å². The van der Waals surface area contributed by atoms with Crippen molar-refractivity contribution in [2.45, 2.75) is 72.1 Å². The third-order valence-corrected chi connectivity index (χ3v) is 6.39. The first-order chi connectivity index (χ1) is 11.1. The van der Waals surface area contributed by atoms with Crippen LogP contribution in [0.4, 0.5) is 0 Å². The normalized spacial score (nSPS) is 30.1. The molecule has 1 saturated carbocycles. The quantitative estimate of drug-likeness (QED) is 0.656. The number of hydrogen-bond donors (Lipinski definition) is 0. The molecule has 2 heteroatoms. The van der Waals surface area contributed by atoms with Crippen molar-refractivity contribution in [3.05, 3.63) is 35.4 Å². The van der Waals surface area contributed by atoms with E-state index in [0.717, 1.165) is 19.1 Å². The van der Waals surface area contributed by atoms with E-state index >= 15 is 0 Å². The van der Waals surface area contributed by atoms with Crippen LogP contribution in [0.1, 0.15) is 77.8 Å². The van der Waals surface area contributed by atoms with Crippen molar-refractivity contribution in [1.29, 1.82) is 0 Å². The van der Waals surface area contributed by atoms with Gasteiger partial charge in [-0.25, -0.2) is 0 Å². The number of benzene rings is 1. The fourth-order valence-electron chi connectivity index (χ4n) is 4.30. The number of fused-ring (bicyclic) bond motifs is 1. The highest BCUT2D eigenvalue weighted by Crippen LogP contribution is 2.48. The van der Waals surface area contributed by atoms with Gasteiger partial charge in [0.15, 0.2) is 0 Å². The van der Waals surface area contributed by atoms with Crippen LogP contribution < -0.4 is 0 Å². The van der Waals surface area contributed by atoms with Crippen LogP contribution in [0, 0.1) is 17.3 Å². The van der Waals surface area contributed by atoms with E-state index in [0.29, 0.717) is 17.6 Å². The number of carbonyl (C=O) groups is 2. The van der Waals surface area contributed by atoms with Crippen molar-refractivity contribution >= 4 is 12.1 Å². The number of aldehydes is 1. The molecule has 3 rings (SSSR count). The smallest absolute Gasteiger partial charge is 0.141 e. The van der Waals surface area contributed by atoms with E-state index in [1.807, 2.05) is 13.0 Å². The lowest BCUT2D eigenvalue weighted by atomic mass is 9.72. The Hall–Kier alpha value is -1.44. The Morgan fingerprint density at radius 1 is 1.08 bits per heavy atom. The van der Waals surface area contributed by atoms with Gasteiger partial charge in [0, 0.05) is 17.3 Å². The molecule has 0 N–H and O–H groups in total. The topological polar surface area (TPSA) is 34.1 Å². The summed E-state index contributed by atoms with van der Waals surface area (Å²) in [5.41, 5.74) is 2.66. The molecule has 0 spiro atoms. The van der Waals surface area contributed by atoms with E-state index in [9.17, 15) is 9.59 Å². The summed E-state index contributed by atoms with van der Waals surface area (Å²) >= 11 is 0. The van der Waals surface area contributed by atoms with Crippen LogP contribution in [0.3, 0.4) is 0 Å².